The van der Waals surface area contributed by atoms with E-state index in [1.54, 1.807) is 11.3 Å². The van der Waals surface area contributed by atoms with Gasteiger partial charge in [-0.25, -0.2) is 0 Å². The van der Waals surface area contributed by atoms with Crippen molar-refractivity contribution in [1.29, 1.82) is 0 Å². The predicted octanol–water partition coefficient (Wildman–Crippen LogP) is 4.80. The van der Waals surface area contributed by atoms with Crippen LogP contribution in [0.15, 0.2) is 53.9 Å². The molecule has 3 heterocycles. The normalized spacial score (nSPS) is 13.8. The van der Waals surface area contributed by atoms with Gasteiger partial charge in [0, 0.05) is 22.8 Å². The van der Waals surface area contributed by atoms with Gasteiger partial charge >= 0.3 is 0 Å². The highest BCUT2D eigenvalue weighted by atomic mass is 32.1. The summed E-state index contributed by atoms with van der Waals surface area (Å²) in [6, 6.07) is 15.7. The Labute approximate surface area is 184 Å². The van der Waals surface area contributed by atoms with E-state index in [4.69, 9.17) is 4.74 Å². The number of amides is 2. The van der Waals surface area contributed by atoms with Crippen molar-refractivity contribution < 1.29 is 14.3 Å². The summed E-state index contributed by atoms with van der Waals surface area (Å²) >= 11 is 2.99. The molecule has 3 aromatic rings. The zero-order valence-electron chi connectivity index (χ0n) is 16.6. The summed E-state index contributed by atoms with van der Waals surface area (Å²) in [5, 5.41) is 4.95. The number of thiophene rings is 2. The molecule has 1 fully saturated rings. The summed E-state index contributed by atoms with van der Waals surface area (Å²) in [6.45, 7) is 2.00. The van der Waals surface area contributed by atoms with Crippen LogP contribution in [0.25, 0.3) is 10.4 Å². The number of rotatable bonds is 7. The van der Waals surface area contributed by atoms with Gasteiger partial charge < -0.3 is 15.0 Å². The zero-order chi connectivity index (χ0) is 20.8. The molecule has 0 unspecified atom stereocenters. The highest BCUT2D eigenvalue weighted by Gasteiger charge is 2.21. The van der Waals surface area contributed by atoms with Crippen molar-refractivity contribution in [2.75, 3.05) is 19.7 Å². The number of hydrogen-bond acceptors (Lipinski definition) is 5. The second-order valence-electron chi connectivity index (χ2n) is 7.16. The fourth-order valence-corrected chi connectivity index (χ4v) is 5.09. The van der Waals surface area contributed by atoms with E-state index < -0.39 is 0 Å². The fraction of sp³-hybridized carbons (Fsp3) is 0.304. The minimum absolute atomic E-state index is 0.0212. The van der Waals surface area contributed by atoms with E-state index in [-0.39, 0.29) is 18.4 Å². The average Bonchev–Trinajstić information content (AvgIpc) is 3.47. The summed E-state index contributed by atoms with van der Waals surface area (Å²) in [6.07, 6.45) is 3.25. The largest absolute Gasteiger partial charge is 0.482 e. The lowest BCUT2D eigenvalue weighted by atomic mass is 10.1. The van der Waals surface area contributed by atoms with Gasteiger partial charge in [-0.2, -0.15) is 0 Å². The van der Waals surface area contributed by atoms with Crippen LogP contribution in [0.2, 0.25) is 0 Å². The lowest BCUT2D eigenvalue weighted by Gasteiger charge is -2.26. The van der Waals surface area contributed by atoms with Crippen molar-refractivity contribution in [2.24, 2.45) is 0 Å². The maximum Gasteiger partial charge on any atom is 0.265 e. The Hall–Kier alpha value is -2.64. The average molecular weight is 441 g/mol. The van der Waals surface area contributed by atoms with Crippen molar-refractivity contribution in [2.45, 2.75) is 25.8 Å². The van der Waals surface area contributed by atoms with Crippen LogP contribution >= 0.6 is 22.7 Å². The first kappa shape index (κ1) is 20.6. The minimum atomic E-state index is -0.184. The van der Waals surface area contributed by atoms with Gasteiger partial charge in [-0.05, 0) is 42.3 Å². The van der Waals surface area contributed by atoms with Gasteiger partial charge in [-0.15, -0.1) is 22.7 Å². The van der Waals surface area contributed by atoms with Crippen LogP contribution < -0.4 is 10.1 Å². The number of likely N-dealkylation sites (tertiary alicyclic amines) is 1. The van der Waals surface area contributed by atoms with Crippen molar-refractivity contribution in [3.8, 4) is 16.2 Å². The Balaban J connectivity index is 1.50. The zero-order valence-corrected chi connectivity index (χ0v) is 18.3. The molecule has 4 rings (SSSR count). The van der Waals surface area contributed by atoms with E-state index in [1.807, 2.05) is 58.8 Å². The molecule has 0 atom stereocenters. The van der Waals surface area contributed by atoms with Crippen LogP contribution in [0.3, 0.4) is 0 Å². The molecule has 5 nitrogen and oxygen atoms in total. The first-order chi connectivity index (χ1) is 14.7. The van der Waals surface area contributed by atoms with Crippen LogP contribution in [0, 0.1) is 0 Å². The topological polar surface area (TPSA) is 58.6 Å². The lowest BCUT2D eigenvalue weighted by molar-refractivity contribution is -0.134. The van der Waals surface area contributed by atoms with E-state index >= 15 is 0 Å². The molecule has 0 spiro atoms. The summed E-state index contributed by atoms with van der Waals surface area (Å²) < 4.78 is 5.87. The minimum Gasteiger partial charge on any atom is -0.482 e. The van der Waals surface area contributed by atoms with Gasteiger partial charge in [0.05, 0.1) is 6.54 Å². The molecular weight excluding hydrogens is 416 g/mol. The van der Waals surface area contributed by atoms with Crippen molar-refractivity contribution >= 4 is 34.5 Å². The smallest absolute Gasteiger partial charge is 0.265 e. The first-order valence-corrected chi connectivity index (χ1v) is 11.8. The molecule has 0 aliphatic carbocycles. The Morgan fingerprint density at radius 3 is 2.57 bits per heavy atom. The number of benzene rings is 1. The van der Waals surface area contributed by atoms with Crippen LogP contribution in [-0.4, -0.2) is 36.4 Å². The molecule has 156 valence electrons. The Morgan fingerprint density at radius 2 is 1.83 bits per heavy atom. The van der Waals surface area contributed by atoms with Gasteiger partial charge in [0.25, 0.3) is 11.8 Å². The van der Waals surface area contributed by atoms with Crippen LogP contribution in [0.5, 0.6) is 5.75 Å². The van der Waals surface area contributed by atoms with Crippen LogP contribution in [0.4, 0.5) is 0 Å². The quantitative estimate of drug-likeness (QED) is 0.574. The van der Waals surface area contributed by atoms with Gasteiger partial charge in [-0.3, -0.25) is 9.59 Å². The van der Waals surface area contributed by atoms with E-state index in [0.717, 1.165) is 41.2 Å². The molecule has 2 amide bonds. The highest BCUT2D eigenvalue weighted by Crippen LogP contribution is 2.36. The molecule has 0 saturated carbocycles. The maximum atomic E-state index is 12.9. The number of hydrogen-bond donors (Lipinski definition) is 1. The Bertz CT molecular complexity index is 977. The molecule has 1 aromatic carbocycles. The molecule has 1 aliphatic heterocycles. The second-order valence-corrected chi connectivity index (χ2v) is 9.25. The predicted molar refractivity (Wildman–Crippen MR) is 121 cm³/mol. The number of carbonyl (C=O) groups excluding carboxylic acids is 2. The molecule has 1 N–H and O–H groups in total. The monoisotopic (exact) mass is 440 g/mol. The molecule has 0 radical (unpaired) electrons. The van der Waals surface area contributed by atoms with Crippen molar-refractivity contribution in [1.82, 2.24) is 10.2 Å². The maximum absolute atomic E-state index is 12.9. The van der Waals surface area contributed by atoms with Gasteiger partial charge in [-0.1, -0.05) is 36.4 Å². The number of ether oxygens (including phenoxy) is 1. The van der Waals surface area contributed by atoms with Gasteiger partial charge in [0.2, 0.25) is 0 Å². The van der Waals surface area contributed by atoms with E-state index in [0.29, 0.717) is 17.2 Å². The molecule has 2 aromatic heterocycles. The summed E-state index contributed by atoms with van der Waals surface area (Å²) in [5.41, 5.74) is 1.02. The first-order valence-electron chi connectivity index (χ1n) is 10.1. The molecule has 30 heavy (non-hydrogen) atoms. The SMILES string of the molecule is O=C(NCc1cccs1)c1sc(-c2ccccc2)cc1OCC(=O)N1CCCCC1. The number of piperidine rings is 1. The lowest BCUT2D eigenvalue weighted by Crippen LogP contribution is -2.38. The molecular formula is C23H24N2O3S2. The second kappa shape index (κ2) is 9.91. The van der Waals surface area contributed by atoms with Gasteiger partial charge in [0.15, 0.2) is 6.61 Å². The number of nitrogens with one attached hydrogen (secondary N) is 1. The van der Waals surface area contributed by atoms with E-state index in [1.165, 1.54) is 17.8 Å². The Morgan fingerprint density at radius 1 is 1.03 bits per heavy atom. The third-order valence-electron chi connectivity index (χ3n) is 5.03. The molecule has 1 aliphatic rings. The summed E-state index contributed by atoms with van der Waals surface area (Å²) in [5.74, 6) is 0.260. The Kier molecular flexibility index (Phi) is 6.81. The standard InChI is InChI=1S/C23H24N2O3S2/c26-21(25-11-5-2-6-12-25)16-28-19-14-20(17-8-3-1-4-9-17)30-22(19)23(27)24-15-18-10-7-13-29-18/h1,3-4,7-10,13-14H,2,5-6,11-12,15-16H2,(H,24,27). The van der Waals surface area contributed by atoms with Crippen LogP contribution in [-0.2, 0) is 11.3 Å². The fourth-order valence-electron chi connectivity index (χ4n) is 3.42. The molecule has 1 saturated heterocycles. The van der Waals surface area contributed by atoms with E-state index in [9.17, 15) is 9.59 Å². The highest BCUT2D eigenvalue weighted by molar-refractivity contribution is 7.17. The summed E-state index contributed by atoms with van der Waals surface area (Å²) in [7, 11) is 0. The van der Waals surface area contributed by atoms with Crippen molar-refractivity contribution in [3.63, 3.8) is 0 Å². The van der Waals surface area contributed by atoms with E-state index in [2.05, 4.69) is 5.32 Å². The molecule has 0 bridgehead atoms. The number of nitrogens with zero attached hydrogens (tertiary/aromatic N) is 1. The molecule has 7 heteroatoms. The number of carbonyl (C=O) groups is 2. The van der Waals surface area contributed by atoms with Gasteiger partial charge in [0.1, 0.15) is 10.6 Å². The van der Waals surface area contributed by atoms with Crippen molar-refractivity contribution in [3.05, 3.63) is 63.7 Å². The third-order valence-corrected chi connectivity index (χ3v) is 7.07. The van der Waals surface area contributed by atoms with Crippen LogP contribution in [0.1, 0.15) is 33.8 Å². The third kappa shape index (κ3) is 5.09. The summed E-state index contributed by atoms with van der Waals surface area (Å²) in [4.78, 5) is 29.8.